The number of alkyl halides is 1. The molecule has 0 amide bonds. The summed E-state index contributed by atoms with van der Waals surface area (Å²) in [6.07, 6.45) is 2.89. The van der Waals surface area contributed by atoms with Gasteiger partial charge in [-0.05, 0) is 12.1 Å². The molecule has 0 aliphatic carbocycles. The van der Waals surface area contributed by atoms with E-state index >= 15 is 0 Å². The highest BCUT2D eigenvalue weighted by molar-refractivity contribution is 9.10. The summed E-state index contributed by atoms with van der Waals surface area (Å²) in [7, 11) is -3.34. The minimum atomic E-state index is -3.34. The highest BCUT2D eigenvalue weighted by Gasteiger charge is 2.09. The third-order valence-corrected chi connectivity index (χ3v) is 4.64. The fraction of sp³-hybridized carbons (Fsp3) is 0.100. The Morgan fingerprint density at radius 3 is 2.88 bits per heavy atom. The number of oxazole rings is 1. The number of halogens is 1. The van der Waals surface area contributed by atoms with Gasteiger partial charge >= 0.3 is 0 Å². The summed E-state index contributed by atoms with van der Waals surface area (Å²) in [6.45, 7) is 0. The zero-order valence-electron chi connectivity index (χ0n) is 8.63. The molecule has 2 rings (SSSR count). The van der Waals surface area contributed by atoms with Crippen molar-refractivity contribution in [3.05, 3.63) is 36.9 Å². The number of benzene rings is 1. The van der Waals surface area contributed by atoms with Gasteiger partial charge in [0.25, 0.3) is 0 Å². The maximum absolute atomic E-state index is 11.4. The maximum atomic E-state index is 11.4. The normalized spacial score (nSPS) is 11.4. The predicted octanol–water partition coefficient (Wildman–Crippen LogP) is 2.44. The van der Waals surface area contributed by atoms with Crippen molar-refractivity contribution in [3.8, 4) is 11.3 Å². The fourth-order valence-electron chi connectivity index (χ4n) is 1.30. The smallest absolute Gasteiger partial charge is 0.242 e. The lowest BCUT2D eigenvalue weighted by atomic mass is 10.2. The van der Waals surface area contributed by atoms with Crippen LogP contribution < -0.4 is 4.72 Å². The van der Waals surface area contributed by atoms with E-state index in [-0.39, 0.29) is 4.66 Å². The zero-order valence-corrected chi connectivity index (χ0v) is 11.0. The highest BCUT2D eigenvalue weighted by Crippen LogP contribution is 2.22. The zero-order chi connectivity index (χ0) is 12.3. The number of hydrogen-bond donors (Lipinski definition) is 1. The molecule has 0 unspecified atom stereocenters. The summed E-state index contributed by atoms with van der Waals surface area (Å²) in [5.74, 6) is 0.588. The van der Waals surface area contributed by atoms with E-state index < -0.39 is 10.0 Å². The van der Waals surface area contributed by atoms with Gasteiger partial charge in [0.05, 0.1) is 6.20 Å². The minimum Gasteiger partial charge on any atom is -0.444 e. The Hall–Kier alpha value is -1.34. The average molecular weight is 317 g/mol. The molecule has 1 heterocycles. The molecule has 0 radical (unpaired) electrons. The first-order chi connectivity index (χ1) is 8.11. The van der Waals surface area contributed by atoms with Gasteiger partial charge < -0.3 is 4.42 Å². The van der Waals surface area contributed by atoms with Crippen LogP contribution in [0.1, 0.15) is 0 Å². The summed E-state index contributed by atoms with van der Waals surface area (Å²) >= 11 is 2.91. The Labute approximate surface area is 107 Å². The second-order valence-corrected chi connectivity index (χ2v) is 6.30. The van der Waals surface area contributed by atoms with Crippen molar-refractivity contribution in [1.29, 1.82) is 0 Å². The third kappa shape index (κ3) is 3.07. The molecule has 7 heteroatoms. The number of nitrogens with one attached hydrogen (secondary N) is 1. The lowest BCUT2D eigenvalue weighted by molar-refractivity contribution is 0.572. The van der Waals surface area contributed by atoms with E-state index in [1.807, 2.05) is 6.07 Å². The van der Waals surface area contributed by atoms with Crippen LogP contribution in [0.3, 0.4) is 0 Å². The van der Waals surface area contributed by atoms with Gasteiger partial charge in [-0.15, -0.1) is 0 Å². The van der Waals surface area contributed by atoms with Gasteiger partial charge in [0.1, 0.15) is 4.66 Å². The molecular formula is C10H9BrN2O3S. The van der Waals surface area contributed by atoms with Crippen molar-refractivity contribution in [1.82, 2.24) is 4.98 Å². The predicted molar refractivity (Wildman–Crippen MR) is 68.3 cm³/mol. The van der Waals surface area contributed by atoms with Gasteiger partial charge in [0.2, 0.25) is 10.0 Å². The van der Waals surface area contributed by atoms with E-state index in [1.54, 1.807) is 24.4 Å². The van der Waals surface area contributed by atoms with E-state index in [9.17, 15) is 8.42 Å². The summed E-state index contributed by atoms with van der Waals surface area (Å²) < 4.78 is 30.2. The molecule has 90 valence electrons. The monoisotopic (exact) mass is 316 g/mol. The Balaban J connectivity index is 2.30. The summed E-state index contributed by atoms with van der Waals surface area (Å²) in [5.41, 5.74) is 1.25. The van der Waals surface area contributed by atoms with Gasteiger partial charge in [-0.3, -0.25) is 4.72 Å². The van der Waals surface area contributed by atoms with E-state index in [0.29, 0.717) is 11.4 Å². The Bertz CT molecular complexity index is 596. The highest BCUT2D eigenvalue weighted by atomic mass is 79.9. The van der Waals surface area contributed by atoms with Gasteiger partial charge in [0, 0.05) is 11.3 Å². The molecule has 0 saturated heterocycles. The van der Waals surface area contributed by atoms with E-state index in [1.165, 1.54) is 6.39 Å². The number of hydrogen-bond acceptors (Lipinski definition) is 4. The minimum absolute atomic E-state index is 0.146. The largest absolute Gasteiger partial charge is 0.444 e. The topological polar surface area (TPSA) is 72.2 Å². The number of nitrogens with zero attached hydrogens (tertiary/aromatic N) is 1. The van der Waals surface area contributed by atoms with Gasteiger partial charge in [-0.1, -0.05) is 28.1 Å². The molecule has 0 atom stereocenters. The average Bonchev–Trinajstić information content (AvgIpc) is 2.82. The van der Waals surface area contributed by atoms with Crippen molar-refractivity contribution < 1.29 is 12.8 Å². The quantitative estimate of drug-likeness (QED) is 0.879. The van der Waals surface area contributed by atoms with Crippen LogP contribution in [0.2, 0.25) is 0 Å². The number of aromatic nitrogens is 1. The number of anilines is 1. The van der Waals surface area contributed by atoms with Crippen LogP contribution in [0.4, 0.5) is 5.69 Å². The lowest BCUT2D eigenvalue weighted by Crippen LogP contribution is -2.12. The van der Waals surface area contributed by atoms with E-state index in [0.717, 1.165) is 5.56 Å². The summed E-state index contributed by atoms with van der Waals surface area (Å²) in [6, 6.07) is 6.90. The second-order valence-electron chi connectivity index (χ2n) is 3.27. The Kier molecular flexibility index (Phi) is 3.49. The van der Waals surface area contributed by atoms with Crippen molar-refractivity contribution >= 4 is 31.6 Å². The summed E-state index contributed by atoms with van der Waals surface area (Å²) in [4.78, 5) is 3.81. The fourth-order valence-corrected chi connectivity index (χ4v) is 2.19. The van der Waals surface area contributed by atoms with Gasteiger partial charge in [-0.25, -0.2) is 13.4 Å². The van der Waals surface area contributed by atoms with Crippen LogP contribution in [0, 0.1) is 0 Å². The van der Waals surface area contributed by atoms with Crippen LogP contribution in [0.5, 0.6) is 0 Å². The van der Waals surface area contributed by atoms with Crippen LogP contribution in [-0.4, -0.2) is 18.1 Å². The van der Waals surface area contributed by atoms with Crippen molar-refractivity contribution in [2.45, 2.75) is 0 Å². The van der Waals surface area contributed by atoms with Crippen LogP contribution in [-0.2, 0) is 10.0 Å². The first kappa shape index (κ1) is 12.1. The molecule has 1 aromatic carbocycles. The molecule has 0 fully saturated rings. The van der Waals surface area contributed by atoms with Crippen LogP contribution in [0.15, 0.2) is 41.3 Å². The third-order valence-electron chi connectivity index (χ3n) is 2.00. The molecule has 0 aliphatic rings. The van der Waals surface area contributed by atoms with Crippen molar-refractivity contribution in [3.63, 3.8) is 0 Å². The number of rotatable bonds is 4. The van der Waals surface area contributed by atoms with E-state index in [4.69, 9.17) is 4.42 Å². The Morgan fingerprint density at radius 2 is 2.24 bits per heavy atom. The molecule has 1 aromatic heterocycles. The Morgan fingerprint density at radius 1 is 1.41 bits per heavy atom. The maximum Gasteiger partial charge on any atom is 0.242 e. The van der Waals surface area contributed by atoms with E-state index in [2.05, 4.69) is 25.6 Å². The first-order valence-electron chi connectivity index (χ1n) is 4.66. The van der Waals surface area contributed by atoms with Gasteiger partial charge in [-0.2, -0.15) is 0 Å². The molecule has 2 aromatic rings. The molecular weight excluding hydrogens is 308 g/mol. The van der Waals surface area contributed by atoms with Crippen molar-refractivity contribution in [2.24, 2.45) is 0 Å². The number of sulfonamides is 1. The first-order valence-corrected chi connectivity index (χ1v) is 7.43. The molecule has 0 saturated carbocycles. The molecule has 5 nitrogen and oxygen atoms in total. The molecule has 1 N–H and O–H groups in total. The van der Waals surface area contributed by atoms with Gasteiger partial charge in [0.15, 0.2) is 12.2 Å². The van der Waals surface area contributed by atoms with Crippen molar-refractivity contribution in [2.75, 3.05) is 9.38 Å². The summed E-state index contributed by atoms with van der Waals surface area (Å²) in [5, 5.41) is 0. The molecule has 17 heavy (non-hydrogen) atoms. The molecule has 0 bridgehead atoms. The lowest BCUT2D eigenvalue weighted by Gasteiger charge is -2.06. The van der Waals surface area contributed by atoms with Crippen LogP contribution in [0.25, 0.3) is 11.3 Å². The second kappa shape index (κ2) is 4.89. The molecule has 0 aliphatic heterocycles. The van der Waals surface area contributed by atoms with Crippen LogP contribution >= 0.6 is 15.9 Å². The SMILES string of the molecule is O=S(=O)(CBr)Nc1cccc(-c2cnco2)c1. The standard InChI is InChI=1S/C10H9BrN2O3S/c11-6-17(14,15)13-9-3-1-2-8(4-9)10-5-12-7-16-10/h1-5,7,13H,6H2. The molecule has 0 spiro atoms.